The molecule has 46 heavy (non-hydrogen) atoms. The minimum Gasteiger partial charge on any atom is -0.406 e. The van der Waals surface area contributed by atoms with E-state index in [4.69, 9.17) is 0 Å². The molecule has 0 bridgehead atoms. The number of nitrogens with one attached hydrogen (secondary N) is 1. The number of benzene rings is 3. The van der Waals surface area contributed by atoms with Gasteiger partial charge in [-0.2, -0.15) is 4.99 Å². The minimum absolute atomic E-state index is 0.106. The van der Waals surface area contributed by atoms with Crippen LogP contribution in [0.15, 0.2) is 72.0 Å². The highest BCUT2D eigenvalue weighted by Crippen LogP contribution is 2.33. The first kappa shape index (κ1) is 32.7. The predicted octanol–water partition coefficient (Wildman–Crippen LogP) is 7.17. The third-order valence-electron chi connectivity index (χ3n) is 7.26. The van der Waals surface area contributed by atoms with Crippen molar-refractivity contribution in [3.8, 4) is 22.8 Å². The van der Waals surface area contributed by atoms with Crippen molar-refractivity contribution in [2.45, 2.75) is 47.4 Å². The Labute approximate surface area is 268 Å². The summed E-state index contributed by atoms with van der Waals surface area (Å²) in [7, 11) is 0. The van der Waals surface area contributed by atoms with E-state index >= 15 is 0 Å². The smallest absolute Gasteiger partial charge is 0.406 e. The molecule has 3 aromatic carbocycles. The SMILES string of the molecule is Cc1cc(C)c(N2C(=O)CS/C2=N\C(=O)NCC(C)(C)Cc2ccc(-c3ncn(-c4ccc(OC(F)(F)F)cc4)n3)cc2)c(C)c1. The van der Waals surface area contributed by atoms with E-state index in [0.717, 1.165) is 33.5 Å². The molecule has 3 amide bonds. The topological polar surface area (TPSA) is 102 Å². The third kappa shape index (κ3) is 7.94. The van der Waals surface area contributed by atoms with Gasteiger partial charge in [-0.15, -0.1) is 18.3 Å². The predicted molar refractivity (Wildman–Crippen MR) is 172 cm³/mol. The molecule has 1 aromatic heterocycles. The van der Waals surface area contributed by atoms with E-state index in [9.17, 15) is 22.8 Å². The number of aryl methyl sites for hydroxylation is 3. The molecule has 240 valence electrons. The van der Waals surface area contributed by atoms with Gasteiger partial charge in [0, 0.05) is 12.1 Å². The normalized spacial score (nSPS) is 14.7. The highest BCUT2D eigenvalue weighted by Gasteiger charge is 2.33. The van der Waals surface area contributed by atoms with E-state index in [1.54, 1.807) is 4.90 Å². The number of aromatic nitrogens is 3. The minimum atomic E-state index is -4.76. The van der Waals surface area contributed by atoms with Gasteiger partial charge in [0.2, 0.25) is 5.91 Å². The summed E-state index contributed by atoms with van der Waals surface area (Å²) in [4.78, 5) is 35.8. The molecule has 1 fully saturated rings. The molecule has 0 atom stereocenters. The van der Waals surface area contributed by atoms with Gasteiger partial charge in [0.15, 0.2) is 11.0 Å². The van der Waals surface area contributed by atoms with Crippen LogP contribution in [0.4, 0.5) is 23.7 Å². The molecule has 0 aliphatic carbocycles. The maximum absolute atomic E-state index is 12.9. The maximum Gasteiger partial charge on any atom is 0.573 e. The lowest BCUT2D eigenvalue weighted by molar-refractivity contribution is -0.274. The van der Waals surface area contributed by atoms with Crippen molar-refractivity contribution in [1.82, 2.24) is 20.1 Å². The van der Waals surface area contributed by atoms with E-state index in [-0.39, 0.29) is 22.8 Å². The zero-order valence-electron chi connectivity index (χ0n) is 26.0. The molecule has 4 aromatic rings. The first-order valence-electron chi connectivity index (χ1n) is 14.4. The van der Waals surface area contributed by atoms with E-state index in [0.29, 0.717) is 29.6 Å². The number of ether oxygens (including phenoxy) is 1. The molecule has 13 heteroatoms. The second-order valence-electron chi connectivity index (χ2n) is 11.9. The van der Waals surface area contributed by atoms with Crippen LogP contribution in [0.2, 0.25) is 0 Å². The molecular weight excluding hydrogens is 617 g/mol. The standard InChI is InChI=1S/C33H33F3N6O3S/c1-20-14-21(2)28(22(3)15-20)42-27(43)17-46-31(42)39-30(44)37-18-32(4,5)16-23-6-8-24(9-7-23)29-38-19-41(40-29)25-10-12-26(13-11-25)45-33(34,35)36/h6-15,19H,16-18H2,1-5H3,(H,37,44)/b39-31-. The monoisotopic (exact) mass is 650 g/mol. The number of hydrogen-bond acceptors (Lipinski definition) is 6. The number of alkyl halides is 3. The molecule has 0 radical (unpaired) electrons. The lowest BCUT2D eigenvalue weighted by Crippen LogP contribution is -2.36. The number of anilines is 1. The van der Waals surface area contributed by atoms with E-state index in [1.807, 2.05) is 71.0 Å². The van der Waals surface area contributed by atoms with Crippen molar-refractivity contribution in [3.63, 3.8) is 0 Å². The molecule has 0 unspecified atom stereocenters. The Morgan fingerprint density at radius 2 is 1.67 bits per heavy atom. The molecule has 1 aliphatic rings. The lowest BCUT2D eigenvalue weighted by Gasteiger charge is -2.25. The summed E-state index contributed by atoms with van der Waals surface area (Å²) < 4.78 is 42.7. The Bertz CT molecular complexity index is 1760. The van der Waals surface area contributed by atoms with E-state index < -0.39 is 12.4 Å². The number of thioether (sulfide) groups is 1. The summed E-state index contributed by atoms with van der Waals surface area (Å²) in [5.74, 6) is 0.263. The van der Waals surface area contributed by atoms with Crippen molar-refractivity contribution in [1.29, 1.82) is 0 Å². The number of amides is 3. The Morgan fingerprint density at radius 3 is 2.30 bits per heavy atom. The number of nitrogens with zero attached hydrogens (tertiary/aromatic N) is 5. The molecule has 0 spiro atoms. The van der Waals surface area contributed by atoms with Gasteiger partial charge in [-0.3, -0.25) is 9.69 Å². The van der Waals surface area contributed by atoms with Crippen molar-refractivity contribution < 1.29 is 27.5 Å². The Kier molecular flexibility index (Phi) is 9.24. The van der Waals surface area contributed by atoms with Crippen LogP contribution >= 0.6 is 11.8 Å². The maximum atomic E-state index is 12.9. The molecule has 9 nitrogen and oxygen atoms in total. The fourth-order valence-electron chi connectivity index (χ4n) is 5.34. The zero-order valence-corrected chi connectivity index (χ0v) is 26.8. The number of carbonyl (C=O) groups is 2. The second kappa shape index (κ2) is 13.0. The van der Waals surface area contributed by atoms with Gasteiger partial charge >= 0.3 is 12.4 Å². The van der Waals surface area contributed by atoms with Gasteiger partial charge < -0.3 is 10.1 Å². The van der Waals surface area contributed by atoms with Crippen LogP contribution in [-0.2, 0) is 11.2 Å². The van der Waals surface area contributed by atoms with Crippen molar-refractivity contribution >= 4 is 34.6 Å². The molecule has 1 saturated heterocycles. The quantitative estimate of drug-likeness (QED) is 0.217. The first-order chi connectivity index (χ1) is 21.7. The van der Waals surface area contributed by atoms with Gasteiger partial charge in [-0.25, -0.2) is 14.5 Å². The number of urea groups is 1. The highest BCUT2D eigenvalue weighted by molar-refractivity contribution is 8.15. The lowest BCUT2D eigenvalue weighted by atomic mass is 9.85. The third-order valence-corrected chi connectivity index (χ3v) is 8.18. The van der Waals surface area contributed by atoms with Crippen LogP contribution in [0, 0.1) is 26.2 Å². The number of aliphatic imine (C=N–C) groups is 1. The summed E-state index contributed by atoms with van der Waals surface area (Å²) in [6.45, 7) is 10.4. The summed E-state index contributed by atoms with van der Waals surface area (Å²) in [6.07, 6.45) is -2.60. The van der Waals surface area contributed by atoms with Crippen LogP contribution in [0.1, 0.15) is 36.1 Å². The molecule has 5 rings (SSSR count). The Hall–Kier alpha value is -4.65. The van der Waals surface area contributed by atoms with Crippen LogP contribution in [0.25, 0.3) is 17.1 Å². The van der Waals surface area contributed by atoms with Crippen molar-refractivity contribution in [3.05, 3.63) is 89.2 Å². The molecule has 0 saturated carbocycles. The number of rotatable bonds is 8. The second-order valence-corrected chi connectivity index (χ2v) is 12.9. The Morgan fingerprint density at radius 1 is 1.02 bits per heavy atom. The van der Waals surface area contributed by atoms with Gasteiger partial charge in [-0.05, 0) is 73.6 Å². The number of halogens is 3. The molecular formula is C33H33F3N6O3S. The largest absolute Gasteiger partial charge is 0.573 e. The summed E-state index contributed by atoms with van der Waals surface area (Å²) in [5, 5.41) is 7.72. The fourth-order valence-corrected chi connectivity index (χ4v) is 6.19. The molecule has 2 heterocycles. The molecule has 1 N–H and O–H groups in total. The zero-order chi connectivity index (χ0) is 33.2. The van der Waals surface area contributed by atoms with Crippen molar-refractivity contribution in [2.75, 3.05) is 17.2 Å². The van der Waals surface area contributed by atoms with Crippen molar-refractivity contribution in [2.24, 2.45) is 10.4 Å². The fraction of sp³-hybridized carbons (Fsp3) is 0.303. The van der Waals surface area contributed by atoms with E-state index in [1.165, 1.54) is 47.0 Å². The highest BCUT2D eigenvalue weighted by atomic mass is 32.2. The average Bonchev–Trinajstić information content (AvgIpc) is 3.59. The molecule has 1 aliphatic heterocycles. The summed E-state index contributed by atoms with van der Waals surface area (Å²) in [6, 6.07) is 16.6. The van der Waals surface area contributed by atoms with Crippen LogP contribution < -0.4 is 15.0 Å². The van der Waals surface area contributed by atoms with Gasteiger partial charge in [0.1, 0.15) is 12.1 Å². The first-order valence-corrected chi connectivity index (χ1v) is 15.4. The van der Waals surface area contributed by atoms with Crippen LogP contribution in [0.5, 0.6) is 5.75 Å². The number of carbonyl (C=O) groups excluding carboxylic acids is 2. The summed E-state index contributed by atoms with van der Waals surface area (Å²) in [5.41, 5.74) is 5.82. The van der Waals surface area contributed by atoms with Gasteiger partial charge in [-0.1, -0.05) is 67.6 Å². The van der Waals surface area contributed by atoms with Gasteiger partial charge in [0.05, 0.1) is 17.1 Å². The van der Waals surface area contributed by atoms with E-state index in [2.05, 4.69) is 25.1 Å². The van der Waals surface area contributed by atoms with Gasteiger partial charge in [0.25, 0.3) is 0 Å². The summed E-state index contributed by atoms with van der Waals surface area (Å²) >= 11 is 1.25. The average molecular weight is 651 g/mol. The van der Waals surface area contributed by atoms with Crippen LogP contribution in [-0.4, -0.2) is 50.5 Å². The Balaban J connectivity index is 1.19. The number of amidine groups is 1. The number of hydrogen-bond donors (Lipinski definition) is 1. The van der Waals surface area contributed by atoms with Crippen LogP contribution in [0.3, 0.4) is 0 Å².